The fraction of sp³-hybridized carbons (Fsp3) is 0.500. The Hall–Kier alpha value is -2.36. The Balaban J connectivity index is 1.72. The first-order valence-electron chi connectivity index (χ1n) is 8.09. The number of amides is 1. The molecule has 1 saturated heterocycles. The van der Waals surface area contributed by atoms with Crippen molar-refractivity contribution in [2.24, 2.45) is 0 Å². The Morgan fingerprint density at radius 2 is 2.08 bits per heavy atom. The second kappa shape index (κ2) is 6.75. The number of rotatable bonds is 4. The predicted octanol–water partition coefficient (Wildman–Crippen LogP) is 1.99. The molecule has 0 saturated carbocycles. The summed E-state index contributed by atoms with van der Waals surface area (Å²) in [7, 11) is 0. The molecule has 0 atom stereocenters. The van der Waals surface area contributed by atoms with Crippen molar-refractivity contribution in [1.82, 2.24) is 19.9 Å². The summed E-state index contributed by atoms with van der Waals surface area (Å²) in [6, 6.07) is -0.0326. The van der Waals surface area contributed by atoms with E-state index in [1.807, 2.05) is 25.7 Å². The lowest BCUT2D eigenvalue weighted by Gasteiger charge is -2.40. The molecule has 0 spiro atoms. The van der Waals surface area contributed by atoms with E-state index in [1.54, 1.807) is 10.8 Å². The lowest BCUT2D eigenvalue weighted by molar-refractivity contribution is -0.137. The van der Waals surface area contributed by atoms with Crippen molar-refractivity contribution in [3.63, 3.8) is 0 Å². The molecular formula is C16H20BrN5O4. The zero-order valence-corrected chi connectivity index (χ0v) is 16.3. The molecule has 0 unspecified atom stereocenters. The van der Waals surface area contributed by atoms with Crippen LogP contribution in [0.4, 0.5) is 10.6 Å². The topological polar surface area (TPSA) is 110 Å². The maximum atomic E-state index is 11.8. The third-order valence-electron chi connectivity index (χ3n) is 3.79. The number of anilines is 1. The second-order valence-electron chi connectivity index (χ2n) is 7.14. The van der Waals surface area contributed by atoms with E-state index in [2.05, 4.69) is 31.2 Å². The normalized spacial score (nSPS) is 15.0. The first kappa shape index (κ1) is 18.4. The summed E-state index contributed by atoms with van der Waals surface area (Å²) in [5.74, 6) is -0.242. The van der Waals surface area contributed by atoms with Gasteiger partial charge in [0.05, 0.1) is 11.4 Å². The molecule has 140 valence electrons. The largest absolute Gasteiger partial charge is 0.480 e. The van der Waals surface area contributed by atoms with E-state index in [1.165, 1.54) is 6.33 Å². The highest BCUT2D eigenvalue weighted by Crippen LogP contribution is 2.33. The molecule has 0 aromatic carbocycles. The Morgan fingerprint density at radius 1 is 1.38 bits per heavy atom. The van der Waals surface area contributed by atoms with E-state index in [0.29, 0.717) is 24.6 Å². The summed E-state index contributed by atoms with van der Waals surface area (Å²) in [6.07, 6.45) is 2.66. The van der Waals surface area contributed by atoms with Gasteiger partial charge in [0.1, 0.15) is 29.9 Å². The van der Waals surface area contributed by atoms with Gasteiger partial charge in [0, 0.05) is 23.8 Å². The fourth-order valence-electron chi connectivity index (χ4n) is 2.78. The molecule has 1 aliphatic heterocycles. The molecule has 0 bridgehead atoms. The van der Waals surface area contributed by atoms with Gasteiger partial charge in [-0.05, 0) is 36.7 Å². The predicted molar refractivity (Wildman–Crippen MR) is 98.2 cm³/mol. The number of hydrogen-bond acceptors (Lipinski definition) is 6. The Labute approximate surface area is 158 Å². The molecule has 0 aliphatic carbocycles. The minimum absolute atomic E-state index is 0.0326. The van der Waals surface area contributed by atoms with Crippen molar-refractivity contribution in [2.75, 3.05) is 18.0 Å². The molecule has 2 N–H and O–H groups in total. The number of alkyl carbamates (subject to hydrolysis) is 1. The highest BCUT2D eigenvalue weighted by molar-refractivity contribution is 9.10. The maximum Gasteiger partial charge on any atom is 0.407 e. The highest BCUT2D eigenvalue weighted by atomic mass is 79.9. The number of ether oxygens (including phenoxy) is 1. The molecule has 10 heteroatoms. The number of carbonyl (C=O) groups excluding carboxylic acids is 1. The molecule has 9 nitrogen and oxygen atoms in total. The van der Waals surface area contributed by atoms with E-state index in [0.717, 1.165) is 9.86 Å². The SMILES string of the molecule is CC(C)(C)OC(=O)NC1CN(c2ncnc3c2c(Br)cn3CC(=O)O)C1. The number of hydrogen-bond donors (Lipinski definition) is 2. The van der Waals surface area contributed by atoms with Crippen LogP contribution in [0.2, 0.25) is 0 Å². The molecule has 1 amide bonds. The summed E-state index contributed by atoms with van der Waals surface area (Å²) in [5, 5.41) is 12.6. The quantitative estimate of drug-likeness (QED) is 0.770. The lowest BCUT2D eigenvalue weighted by atomic mass is 10.1. The van der Waals surface area contributed by atoms with Crippen molar-refractivity contribution in [3.05, 3.63) is 17.0 Å². The summed E-state index contributed by atoms with van der Waals surface area (Å²) in [4.78, 5) is 33.4. The van der Waals surface area contributed by atoms with Crippen LogP contribution in [0.25, 0.3) is 11.0 Å². The van der Waals surface area contributed by atoms with Gasteiger partial charge in [-0.1, -0.05) is 0 Å². The van der Waals surface area contributed by atoms with Gasteiger partial charge < -0.3 is 24.6 Å². The number of aliphatic carboxylic acids is 1. The van der Waals surface area contributed by atoms with Crippen LogP contribution in [0.3, 0.4) is 0 Å². The number of nitrogens with one attached hydrogen (secondary N) is 1. The second-order valence-corrected chi connectivity index (χ2v) is 8.00. The molecule has 2 aromatic heterocycles. The van der Waals surface area contributed by atoms with Crippen LogP contribution in [-0.4, -0.2) is 56.4 Å². The van der Waals surface area contributed by atoms with Crippen LogP contribution in [-0.2, 0) is 16.1 Å². The Morgan fingerprint density at radius 3 is 2.69 bits per heavy atom. The minimum atomic E-state index is -0.944. The van der Waals surface area contributed by atoms with Gasteiger partial charge in [-0.2, -0.15) is 0 Å². The van der Waals surface area contributed by atoms with Gasteiger partial charge in [-0.15, -0.1) is 0 Å². The van der Waals surface area contributed by atoms with Gasteiger partial charge in [0.15, 0.2) is 0 Å². The van der Waals surface area contributed by atoms with E-state index in [4.69, 9.17) is 9.84 Å². The Kier molecular flexibility index (Phi) is 4.78. The van der Waals surface area contributed by atoms with Gasteiger partial charge in [-0.3, -0.25) is 4.79 Å². The van der Waals surface area contributed by atoms with Crippen LogP contribution in [0, 0.1) is 0 Å². The molecule has 1 fully saturated rings. The average Bonchev–Trinajstić information content (AvgIpc) is 2.77. The van der Waals surface area contributed by atoms with Crippen molar-refractivity contribution >= 4 is 44.8 Å². The van der Waals surface area contributed by atoms with Crippen molar-refractivity contribution in [2.45, 2.75) is 39.0 Å². The summed E-state index contributed by atoms with van der Waals surface area (Å²) in [6.45, 7) is 6.44. The number of halogens is 1. The molecule has 26 heavy (non-hydrogen) atoms. The molecule has 0 radical (unpaired) electrons. The standard InChI is InChI=1S/C16H20BrN5O4/c1-16(2,3)26-15(25)20-9-4-21(5-9)13-12-10(17)6-22(7-11(23)24)14(12)19-8-18-13/h6,8-9H,4-5,7H2,1-3H3,(H,20,25)(H,23,24). The summed E-state index contributed by atoms with van der Waals surface area (Å²) >= 11 is 3.46. The molecule has 2 aromatic rings. The lowest BCUT2D eigenvalue weighted by Crippen LogP contribution is -2.60. The maximum absolute atomic E-state index is 11.8. The fourth-order valence-corrected chi connectivity index (χ4v) is 3.39. The van der Waals surface area contributed by atoms with Gasteiger partial charge >= 0.3 is 12.1 Å². The van der Waals surface area contributed by atoms with Crippen LogP contribution < -0.4 is 10.2 Å². The number of nitrogens with zero attached hydrogens (tertiary/aromatic N) is 4. The van der Waals surface area contributed by atoms with Crippen molar-refractivity contribution in [3.8, 4) is 0 Å². The van der Waals surface area contributed by atoms with Crippen LogP contribution in [0.5, 0.6) is 0 Å². The van der Waals surface area contributed by atoms with E-state index in [9.17, 15) is 9.59 Å². The molecule has 3 rings (SSSR count). The van der Waals surface area contributed by atoms with E-state index >= 15 is 0 Å². The van der Waals surface area contributed by atoms with Crippen LogP contribution >= 0.6 is 15.9 Å². The minimum Gasteiger partial charge on any atom is -0.480 e. The van der Waals surface area contributed by atoms with Gasteiger partial charge in [0.2, 0.25) is 0 Å². The summed E-state index contributed by atoms with van der Waals surface area (Å²) in [5.41, 5.74) is 0.0115. The van der Waals surface area contributed by atoms with Crippen LogP contribution in [0.1, 0.15) is 20.8 Å². The monoisotopic (exact) mass is 425 g/mol. The van der Waals surface area contributed by atoms with Gasteiger partial charge in [0.25, 0.3) is 0 Å². The van der Waals surface area contributed by atoms with Crippen LogP contribution in [0.15, 0.2) is 17.0 Å². The van der Waals surface area contributed by atoms with E-state index in [-0.39, 0.29) is 12.6 Å². The highest BCUT2D eigenvalue weighted by Gasteiger charge is 2.32. The molecule has 1 aliphatic rings. The Bertz CT molecular complexity index is 854. The first-order chi connectivity index (χ1) is 12.1. The number of aromatic nitrogens is 3. The van der Waals surface area contributed by atoms with Crippen molar-refractivity contribution < 1.29 is 19.4 Å². The number of carboxylic acid groups (broad SMARTS) is 1. The third-order valence-corrected chi connectivity index (χ3v) is 4.40. The number of fused-ring (bicyclic) bond motifs is 1. The number of carbonyl (C=O) groups is 2. The average molecular weight is 426 g/mol. The van der Waals surface area contributed by atoms with Gasteiger partial charge in [-0.25, -0.2) is 14.8 Å². The van der Waals surface area contributed by atoms with E-state index < -0.39 is 17.7 Å². The molecular weight excluding hydrogens is 406 g/mol. The third kappa shape index (κ3) is 3.90. The molecule has 3 heterocycles. The zero-order chi connectivity index (χ0) is 19.1. The number of carboxylic acids is 1. The van der Waals surface area contributed by atoms with Crippen molar-refractivity contribution in [1.29, 1.82) is 0 Å². The smallest absolute Gasteiger partial charge is 0.407 e. The first-order valence-corrected chi connectivity index (χ1v) is 8.89. The zero-order valence-electron chi connectivity index (χ0n) is 14.7. The summed E-state index contributed by atoms with van der Waals surface area (Å²) < 4.78 is 7.54.